The first-order valence-corrected chi connectivity index (χ1v) is 9.47. The first-order chi connectivity index (χ1) is 13.2. The van der Waals surface area contributed by atoms with E-state index in [0.717, 1.165) is 11.1 Å². The van der Waals surface area contributed by atoms with Gasteiger partial charge in [0.15, 0.2) is 0 Å². The molecule has 0 radical (unpaired) electrons. The lowest BCUT2D eigenvalue weighted by Gasteiger charge is -2.37. The first-order valence-electron chi connectivity index (χ1n) is 9.47. The Morgan fingerprint density at radius 1 is 1.11 bits per heavy atom. The maximum absolute atomic E-state index is 13.1. The molecule has 142 valence electrons. The van der Waals surface area contributed by atoms with E-state index in [-0.39, 0.29) is 17.9 Å². The van der Waals surface area contributed by atoms with Gasteiger partial charge in [-0.2, -0.15) is 0 Å². The number of carbonyl (C=O) groups is 2. The van der Waals surface area contributed by atoms with Crippen LogP contribution in [-0.4, -0.2) is 48.6 Å². The molecule has 1 fully saturated rings. The topological polar surface area (TPSA) is 58.6 Å². The van der Waals surface area contributed by atoms with Gasteiger partial charge in [0.2, 0.25) is 5.91 Å². The van der Waals surface area contributed by atoms with Gasteiger partial charge >= 0.3 is 5.97 Å². The molecule has 2 atom stereocenters. The number of benzene rings is 2. The molecule has 5 nitrogen and oxygen atoms in total. The number of piperazine rings is 1. The number of hydrogen-bond donors (Lipinski definition) is 1. The van der Waals surface area contributed by atoms with Crippen molar-refractivity contribution in [1.82, 2.24) is 10.2 Å². The molecule has 2 aromatic rings. The summed E-state index contributed by atoms with van der Waals surface area (Å²) in [7, 11) is 0. The van der Waals surface area contributed by atoms with Gasteiger partial charge in [0, 0.05) is 19.5 Å². The summed E-state index contributed by atoms with van der Waals surface area (Å²) in [4.78, 5) is 27.4. The van der Waals surface area contributed by atoms with Crippen LogP contribution in [0.2, 0.25) is 0 Å². The third-order valence-electron chi connectivity index (χ3n) is 4.81. The minimum Gasteiger partial charge on any atom is -0.464 e. The van der Waals surface area contributed by atoms with Crippen molar-refractivity contribution in [1.29, 1.82) is 0 Å². The zero-order chi connectivity index (χ0) is 19.1. The molecular weight excluding hydrogens is 340 g/mol. The molecule has 0 bridgehead atoms. The van der Waals surface area contributed by atoms with E-state index < -0.39 is 6.04 Å². The molecule has 0 saturated carbocycles. The van der Waals surface area contributed by atoms with Gasteiger partial charge in [-0.15, -0.1) is 0 Å². The quantitative estimate of drug-likeness (QED) is 0.764. The Hall–Kier alpha value is -2.66. The SMILES string of the molecule is CCOC(=O)[C@H](Cc1ccccc1)N1CCN[C@H](Cc2ccccc2)C1=O. The van der Waals surface area contributed by atoms with Crippen molar-refractivity contribution in [2.24, 2.45) is 0 Å². The number of ether oxygens (including phenoxy) is 1. The summed E-state index contributed by atoms with van der Waals surface area (Å²) in [5.41, 5.74) is 2.11. The minimum absolute atomic E-state index is 0.0425. The van der Waals surface area contributed by atoms with Crippen molar-refractivity contribution >= 4 is 11.9 Å². The number of carbonyl (C=O) groups excluding carboxylic acids is 2. The Morgan fingerprint density at radius 2 is 1.74 bits per heavy atom. The zero-order valence-corrected chi connectivity index (χ0v) is 15.6. The Labute approximate surface area is 160 Å². The van der Waals surface area contributed by atoms with E-state index >= 15 is 0 Å². The fourth-order valence-electron chi connectivity index (χ4n) is 3.47. The van der Waals surface area contributed by atoms with Gasteiger partial charge in [-0.25, -0.2) is 4.79 Å². The van der Waals surface area contributed by atoms with Crippen molar-refractivity contribution in [2.75, 3.05) is 19.7 Å². The molecule has 27 heavy (non-hydrogen) atoms. The van der Waals surface area contributed by atoms with Crippen molar-refractivity contribution in [3.63, 3.8) is 0 Å². The predicted octanol–water partition coefficient (Wildman–Crippen LogP) is 2.20. The van der Waals surface area contributed by atoms with Crippen molar-refractivity contribution < 1.29 is 14.3 Å². The fraction of sp³-hybridized carbons (Fsp3) is 0.364. The molecular formula is C22H26N2O3. The highest BCUT2D eigenvalue weighted by molar-refractivity contribution is 5.88. The molecule has 1 aliphatic heterocycles. The van der Waals surface area contributed by atoms with Crippen LogP contribution in [0.25, 0.3) is 0 Å². The van der Waals surface area contributed by atoms with E-state index in [1.54, 1.807) is 11.8 Å². The summed E-state index contributed by atoms with van der Waals surface area (Å²) in [5, 5.41) is 3.29. The number of nitrogens with zero attached hydrogens (tertiary/aromatic N) is 1. The normalized spacial score (nSPS) is 18.2. The molecule has 0 spiro atoms. The summed E-state index contributed by atoms with van der Waals surface area (Å²) in [6.45, 7) is 3.25. The zero-order valence-electron chi connectivity index (χ0n) is 15.6. The van der Waals surface area contributed by atoms with Crippen molar-refractivity contribution in [3.05, 3.63) is 71.8 Å². The number of esters is 1. The van der Waals surface area contributed by atoms with Crippen LogP contribution in [0.15, 0.2) is 60.7 Å². The summed E-state index contributed by atoms with van der Waals surface area (Å²) in [6.07, 6.45) is 1.07. The van der Waals surface area contributed by atoms with E-state index in [4.69, 9.17) is 4.74 Å². The molecule has 3 rings (SSSR count). The average molecular weight is 366 g/mol. The largest absolute Gasteiger partial charge is 0.464 e. The van der Waals surface area contributed by atoms with Crippen molar-refractivity contribution in [2.45, 2.75) is 31.8 Å². The molecule has 1 aliphatic rings. The fourth-order valence-corrected chi connectivity index (χ4v) is 3.47. The molecule has 0 unspecified atom stereocenters. The average Bonchev–Trinajstić information content (AvgIpc) is 2.70. The van der Waals surface area contributed by atoms with Gasteiger partial charge in [-0.3, -0.25) is 4.79 Å². The summed E-state index contributed by atoms with van der Waals surface area (Å²) in [6, 6.07) is 18.8. The highest BCUT2D eigenvalue weighted by Crippen LogP contribution is 2.16. The van der Waals surface area contributed by atoms with Gasteiger partial charge < -0.3 is 15.0 Å². The Balaban J connectivity index is 1.77. The Bertz CT molecular complexity index is 749. The van der Waals surface area contributed by atoms with Crippen LogP contribution in [-0.2, 0) is 27.2 Å². The van der Waals surface area contributed by atoms with E-state index in [0.29, 0.717) is 32.5 Å². The van der Waals surface area contributed by atoms with Gasteiger partial charge in [0.25, 0.3) is 0 Å². The summed E-state index contributed by atoms with van der Waals surface area (Å²) in [5.74, 6) is -0.380. The second-order valence-electron chi connectivity index (χ2n) is 6.69. The third-order valence-corrected chi connectivity index (χ3v) is 4.81. The second kappa shape index (κ2) is 9.33. The standard InChI is InChI=1S/C22H26N2O3/c1-2-27-22(26)20(16-18-11-7-4-8-12-18)24-14-13-23-19(21(24)25)15-17-9-5-3-6-10-17/h3-12,19-20,23H,2,13-16H2,1H3/t19-,20+/m1/s1. The van der Waals surface area contributed by atoms with Crippen LogP contribution in [0.1, 0.15) is 18.1 Å². The maximum atomic E-state index is 13.1. The highest BCUT2D eigenvalue weighted by Gasteiger charge is 2.37. The number of nitrogens with one attached hydrogen (secondary N) is 1. The first kappa shape index (κ1) is 19.1. The van der Waals surface area contributed by atoms with Crippen molar-refractivity contribution in [3.8, 4) is 0 Å². The second-order valence-corrected chi connectivity index (χ2v) is 6.69. The lowest BCUT2D eigenvalue weighted by atomic mass is 9.99. The van der Waals surface area contributed by atoms with Gasteiger partial charge in [0.05, 0.1) is 12.6 Å². The van der Waals surface area contributed by atoms with E-state index in [2.05, 4.69) is 5.32 Å². The number of hydrogen-bond acceptors (Lipinski definition) is 4. The molecule has 5 heteroatoms. The van der Waals surface area contributed by atoms with E-state index in [9.17, 15) is 9.59 Å². The molecule has 0 aliphatic carbocycles. The molecule has 0 aromatic heterocycles. The number of rotatable bonds is 7. The lowest BCUT2D eigenvalue weighted by Crippen LogP contribution is -2.61. The molecule has 1 saturated heterocycles. The van der Waals surface area contributed by atoms with Gasteiger partial charge in [-0.1, -0.05) is 60.7 Å². The lowest BCUT2D eigenvalue weighted by molar-refractivity contribution is -0.156. The van der Waals surface area contributed by atoms with E-state index in [1.165, 1.54) is 0 Å². The highest BCUT2D eigenvalue weighted by atomic mass is 16.5. The third kappa shape index (κ3) is 4.95. The van der Waals surface area contributed by atoms with E-state index in [1.807, 2.05) is 60.7 Å². The Morgan fingerprint density at radius 3 is 2.37 bits per heavy atom. The predicted molar refractivity (Wildman–Crippen MR) is 104 cm³/mol. The maximum Gasteiger partial charge on any atom is 0.329 e. The monoisotopic (exact) mass is 366 g/mol. The van der Waals surface area contributed by atoms with Crippen LogP contribution in [0.4, 0.5) is 0 Å². The van der Waals surface area contributed by atoms with Crippen LogP contribution in [0, 0.1) is 0 Å². The van der Waals surface area contributed by atoms with Crippen LogP contribution < -0.4 is 5.32 Å². The smallest absolute Gasteiger partial charge is 0.329 e. The van der Waals surface area contributed by atoms with Crippen LogP contribution >= 0.6 is 0 Å². The van der Waals surface area contributed by atoms with Gasteiger partial charge in [-0.05, 0) is 24.5 Å². The summed E-state index contributed by atoms with van der Waals surface area (Å²) >= 11 is 0. The minimum atomic E-state index is -0.597. The van der Waals surface area contributed by atoms with Gasteiger partial charge in [0.1, 0.15) is 6.04 Å². The summed E-state index contributed by atoms with van der Waals surface area (Å²) < 4.78 is 5.28. The van der Waals surface area contributed by atoms with Crippen LogP contribution in [0.3, 0.4) is 0 Å². The van der Waals surface area contributed by atoms with Crippen LogP contribution in [0.5, 0.6) is 0 Å². The molecule has 1 heterocycles. The molecule has 2 aromatic carbocycles. The molecule has 1 N–H and O–H groups in total. The molecule has 1 amide bonds. The number of amides is 1. The Kier molecular flexibility index (Phi) is 6.60.